The smallest absolute Gasteiger partial charge is 0.229 e. The van der Waals surface area contributed by atoms with Gasteiger partial charge in [0.1, 0.15) is 6.79 Å². The van der Waals surface area contributed by atoms with Gasteiger partial charge in [-0.05, 0) is 57.4 Å². The number of hydrogen-bond acceptors (Lipinski definition) is 7. The van der Waals surface area contributed by atoms with Crippen molar-refractivity contribution in [2.45, 2.75) is 82.6 Å². The number of nitrogens with zero attached hydrogens (tertiary/aromatic N) is 2. The van der Waals surface area contributed by atoms with Gasteiger partial charge in [-0.15, -0.1) is 0 Å². The molecule has 1 saturated carbocycles. The van der Waals surface area contributed by atoms with Gasteiger partial charge in [0, 0.05) is 13.1 Å². The second-order valence-electron chi connectivity index (χ2n) is 9.88. The zero-order chi connectivity index (χ0) is 21.5. The Balaban J connectivity index is 1.23. The third-order valence-corrected chi connectivity index (χ3v) is 8.18. The van der Waals surface area contributed by atoms with E-state index in [4.69, 9.17) is 15.2 Å². The predicted molar refractivity (Wildman–Crippen MR) is 113 cm³/mol. The molecule has 4 saturated heterocycles. The molecule has 5 aliphatic rings. The van der Waals surface area contributed by atoms with Gasteiger partial charge in [-0.1, -0.05) is 6.92 Å². The molecule has 0 aromatic heterocycles. The minimum absolute atomic E-state index is 0.0244. The Kier molecular flexibility index (Phi) is 6.22. The van der Waals surface area contributed by atoms with Crippen LogP contribution in [0.2, 0.25) is 0 Å². The standard InChI is InChI=1S/C22H37N5O4/c1-2-26-19(23)14(10-15-20(26)25-18-5-3-4-8-27(18)22(15)29)21(28)24-11-13-6-7-16-17(9-13)31-12-30-16/h13-20,25H,2-12,23H2,1H3,(H,24,28). The number of hydrogen-bond donors (Lipinski definition) is 3. The van der Waals surface area contributed by atoms with Crippen molar-refractivity contribution in [3.8, 4) is 0 Å². The van der Waals surface area contributed by atoms with Crippen LogP contribution in [-0.4, -0.2) is 78.7 Å². The largest absolute Gasteiger partial charge is 0.355 e. The van der Waals surface area contributed by atoms with Crippen molar-refractivity contribution in [2.24, 2.45) is 23.5 Å². The molecule has 4 N–H and O–H groups in total. The average Bonchev–Trinajstić information content (AvgIpc) is 3.25. The summed E-state index contributed by atoms with van der Waals surface area (Å²) in [7, 11) is 0. The minimum Gasteiger partial charge on any atom is -0.355 e. The van der Waals surface area contributed by atoms with Gasteiger partial charge in [0.15, 0.2) is 0 Å². The van der Waals surface area contributed by atoms with Crippen LogP contribution in [0.1, 0.15) is 51.9 Å². The minimum atomic E-state index is -0.385. The zero-order valence-electron chi connectivity index (χ0n) is 18.5. The van der Waals surface area contributed by atoms with E-state index >= 15 is 0 Å². The molecule has 0 spiro atoms. The molecule has 0 aromatic carbocycles. The number of carbonyl (C=O) groups is 2. The maximum Gasteiger partial charge on any atom is 0.229 e. The van der Waals surface area contributed by atoms with E-state index in [1.165, 1.54) is 0 Å². The molecule has 174 valence electrons. The summed E-state index contributed by atoms with van der Waals surface area (Å²) in [6, 6.07) is 0. The lowest BCUT2D eigenvalue weighted by Gasteiger charge is -2.55. The first kappa shape index (κ1) is 21.6. The van der Waals surface area contributed by atoms with Crippen molar-refractivity contribution >= 4 is 11.8 Å². The lowest BCUT2D eigenvalue weighted by atomic mass is 9.80. The fourth-order valence-electron chi connectivity index (χ4n) is 6.41. The molecule has 0 bridgehead atoms. The Hall–Kier alpha value is -1.26. The van der Waals surface area contributed by atoms with E-state index in [-0.39, 0.29) is 54.4 Å². The molecule has 4 aliphatic heterocycles. The lowest BCUT2D eigenvalue weighted by Crippen LogP contribution is -2.74. The van der Waals surface area contributed by atoms with Crippen LogP contribution in [0.3, 0.4) is 0 Å². The molecule has 2 amide bonds. The Morgan fingerprint density at radius 3 is 2.87 bits per heavy atom. The molecule has 8 atom stereocenters. The van der Waals surface area contributed by atoms with Gasteiger partial charge in [-0.3, -0.25) is 19.8 Å². The highest BCUT2D eigenvalue weighted by atomic mass is 16.7. The molecule has 5 rings (SSSR count). The molecule has 8 unspecified atom stereocenters. The Labute approximate surface area is 184 Å². The molecule has 9 nitrogen and oxygen atoms in total. The summed E-state index contributed by atoms with van der Waals surface area (Å²) in [5, 5.41) is 6.83. The number of nitrogens with two attached hydrogens (primary N) is 1. The van der Waals surface area contributed by atoms with Gasteiger partial charge in [-0.25, -0.2) is 0 Å². The van der Waals surface area contributed by atoms with Gasteiger partial charge in [0.2, 0.25) is 11.8 Å². The number of nitrogens with one attached hydrogen (secondary N) is 2. The predicted octanol–water partition coefficient (Wildman–Crippen LogP) is 0.155. The summed E-state index contributed by atoms with van der Waals surface area (Å²) >= 11 is 0. The van der Waals surface area contributed by atoms with E-state index < -0.39 is 0 Å². The number of amides is 2. The van der Waals surface area contributed by atoms with E-state index in [9.17, 15) is 9.59 Å². The van der Waals surface area contributed by atoms with E-state index in [1.54, 1.807) is 0 Å². The average molecular weight is 436 g/mol. The highest BCUT2D eigenvalue weighted by Gasteiger charge is 2.51. The van der Waals surface area contributed by atoms with Gasteiger partial charge in [-0.2, -0.15) is 0 Å². The Morgan fingerprint density at radius 1 is 1.19 bits per heavy atom. The molecular formula is C22H37N5O4. The van der Waals surface area contributed by atoms with Crippen LogP contribution < -0.4 is 16.4 Å². The van der Waals surface area contributed by atoms with Gasteiger partial charge in [0.25, 0.3) is 0 Å². The van der Waals surface area contributed by atoms with Crippen LogP contribution in [-0.2, 0) is 19.1 Å². The highest BCUT2D eigenvalue weighted by molar-refractivity contribution is 5.84. The molecule has 31 heavy (non-hydrogen) atoms. The van der Waals surface area contributed by atoms with Crippen LogP contribution in [0.5, 0.6) is 0 Å². The summed E-state index contributed by atoms with van der Waals surface area (Å²) in [6.45, 7) is 4.60. The number of ether oxygens (including phenoxy) is 2. The molecule has 1 aliphatic carbocycles. The summed E-state index contributed by atoms with van der Waals surface area (Å²) in [5.74, 6) is -0.0363. The Morgan fingerprint density at radius 2 is 2.03 bits per heavy atom. The quantitative estimate of drug-likeness (QED) is 0.577. The second kappa shape index (κ2) is 8.94. The van der Waals surface area contributed by atoms with Crippen LogP contribution in [0.4, 0.5) is 0 Å². The van der Waals surface area contributed by atoms with Crippen molar-refractivity contribution in [2.75, 3.05) is 26.4 Å². The van der Waals surface area contributed by atoms with Crippen molar-refractivity contribution in [3.05, 3.63) is 0 Å². The molecule has 4 heterocycles. The van der Waals surface area contributed by atoms with E-state index in [2.05, 4.69) is 22.5 Å². The van der Waals surface area contributed by atoms with Crippen LogP contribution in [0, 0.1) is 17.8 Å². The van der Waals surface area contributed by atoms with Gasteiger partial charge in [0.05, 0.1) is 42.5 Å². The van der Waals surface area contributed by atoms with Gasteiger partial charge < -0.3 is 25.4 Å². The molecule has 0 aromatic rings. The van der Waals surface area contributed by atoms with E-state index in [0.29, 0.717) is 32.2 Å². The normalized spacial score (nSPS) is 43.2. The molecule has 5 fully saturated rings. The Bertz CT molecular complexity index is 693. The highest BCUT2D eigenvalue weighted by Crippen LogP contribution is 2.36. The first-order chi connectivity index (χ1) is 15.1. The number of piperidine rings is 2. The number of likely N-dealkylation sites (tertiary alicyclic amines) is 1. The fraction of sp³-hybridized carbons (Fsp3) is 0.909. The second-order valence-corrected chi connectivity index (χ2v) is 9.88. The number of fused-ring (bicyclic) bond motifs is 3. The summed E-state index contributed by atoms with van der Waals surface area (Å²) < 4.78 is 11.2. The van der Waals surface area contributed by atoms with Crippen LogP contribution in [0.25, 0.3) is 0 Å². The third kappa shape index (κ3) is 3.99. The van der Waals surface area contributed by atoms with Crippen LogP contribution in [0.15, 0.2) is 0 Å². The maximum absolute atomic E-state index is 13.3. The molecule has 9 heteroatoms. The van der Waals surface area contributed by atoms with Crippen molar-refractivity contribution in [1.82, 2.24) is 20.4 Å². The first-order valence-corrected chi connectivity index (χ1v) is 12.2. The van der Waals surface area contributed by atoms with Crippen molar-refractivity contribution in [1.29, 1.82) is 0 Å². The maximum atomic E-state index is 13.3. The van der Waals surface area contributed by atoms with Gasteiger partial charge >= 0.3 is 0 Å². The van der Waals surface area contributed by atoms with E-state index in [0.717, 1.165) is 45.1 Å². The van der Waals surface area contributed by atoms with Crippen molar-refractivity contribution in [3.63, 3.8) is 0 Å². The fourth-order valence-corrected chi connectivity index (χ4v) is 6.41. The lowest BCUT2D eigenvalue weighted by molar-refractivity contribution is -0.162. The zero-order valence-corrected chi connectivity index (χ0v) is 18.5. The van der Waals surface area contributed by atoms with E-state index in [1.807, 2.05) is 4.90 Å². The molecule has 0 radical (unpaired) electrons. The first-order valence-electron chi connectivity index (χ1n) is 12.2. The number of carbonyl (C=O) groups excluding carboxylic acids is 2. The summed E-state index contributed by atoms with van der Waals surface area (Å²) in [5.41, 5.74) is 6.60. The number of rotatable bonds is 4. The third-order valence-electron chi connectivity index (χ3n) is 8.18. The molecular weight excluding hydrogens is 398 g/mol. The van der Waals surface area contributed by atoms with Crippen molar-refractivity contribution < 1.29 is 19.1 Å². The summed E-state index contributed by atoms with van der Waals surface area (Å²) in [4.78, 5) is 30.6. The SMILES string of the molecule is CCN1C(N)C(C(=O)NCC2CCC3OCOC3C2)CC2C(=O)N3CCCCC3NC21. The van der Waals surface area contributed by atoms with Crippen LogP contribution >= 0.6 is 0 Å². The monoisotopic (exact) mass is 435 g/mol. The topological polar surface area (TPSA) is 109 Å². The summed E-state index contributed by atoms with van der Waals surface area (Å²) in [6.07, 6.45) is 6.66.